The lowest BCUT2D eigenvalue weighted by molar-refractivity contribution is 0.0595. The van der Waals surface area contributed by atoms with Crippen molar-refractivity contribution in [1.82, 2.24) is 9.97 Å². The largest absolute Gasteiger partial charge is 0.464 e. The SMILES string of the molecule is COC(=O)c1[nH]c(-c2ccc(N(C)C)cc2)nc1-c1ccc(N(C)C)cc1. The summed E-state index contributed by atoms with van der Waals surface area (Å²) >= 11 is 0. The van der Waals surface area contributed by atoms with Crippen LogP contribution < -0.4 is 9.80 Å². The Morgan fingerprint density at radius 1 is 0.852 bits per heavy atom. The average molecular weight is 364 g/mol. The summed E-state index contributed by atoms with van der Waals surface area (Å²) in [7, 11) is 9.32. The van der Waals surface area contributed by atoms with Crippen LogP contribution in [0, 0.1) is 0 Å². The maximum absolute atomic E-state index is 12.3. The summed E-state index contributed by atoms with van der Waals surface area (Å²) in [6, 6.07) is 15.9. The van der Waals surface area contributed by atoms with Crippen molar-refractivity contribution >= 4 is 17.3 Å². The van der Waals surface area contributed by atoms with Crippen molar-refractivity contribution in [3.63, 3.8) is 0 Å². The molecule has 1 aromatic heterocycles. The van der Waals surface area contributed by atoms with Crippen molar-refractivity contribution in [3.8, 4) is 22.6 Å². The van der Waals surface area contributed by atoms with Gasteiger partial charge in [0.15, 0.2) is 5.69 Å². The summed E-state index contributed by atoms with van der Waals surface area (Å²) in [6.45, 7) is 0. The number of rotatable bonds is 5. The molecule has 1 N–H and O–H groups in total. The predicted octanol–water partition coefficient (Wildman–Crippen LogP) is 3.66. The van der Waals surface area contributed by atoms with Gasteiger partial charge in [-0.3, -0.25) is 0 Å². The van der Waals surface area contributed by atoms with Crippen LogP contribution in [0.4, 0.5) is 11.4 Å². The molecule has 0 aliphatic carbocycles. The summed E-state index contributed by atoms with van der Waals surface area (Å²) in [6.07, 6.45) is 0. The molecule has 27 heavy (non-hydrogen) atoms. The Labute approximate surface area is 159 Å². The second kappa shape index (κ2) is 7.53. The van der Waals surface area contributed by atoms with E-state index in [1.807, 2.05) is 86.5 Å². The lowest BCUT2D eigenvalue weighted by Crippen LogP contribution is -2.08. The zero-order chi connectivity index (χ0) is 19.6. The highest BCUT2D eigenvalue weighted by Crippen LogP contribution is 2.29. The topological polar surface area (TPSA) is 61.5 Å². The lowest BCUT2D eigenvalue weighted by Gasteiger charge is -2.12. The van der Waals surface area contributed by atoms with Crippen molar-refractivity contribution < 1.29 is 9.53 Å². The minimum atomic E-state index is -0.439. The standard InChI is InChI=1S/C21H24N4O2/c1-24(2)16-10-6-14(7-11-16)18-19(21(26)27-5)23-20(22-18)15-8-12-17(13-9-15)25(3)4/h6-13H,1-5H3,(H,22,23). The number of H-pyrrole nitrogens is 1. The molecule has 0 aliphatic heterocycles. The Hall–Kier alpha value is -3.28. The second-order valence-corrected chi connectivity index (χ2v) is 6.68. The van der Waals surface area contributed by atoms with Gasteiger partial charge < -0.3 is 19.5 Å². The van der Waals surface area contributed by atoms with Crippen LogP contribution in [0.5, 0.6) is 0 Å². The van der Waals surface area contributed by atoms with Crippen LogP contribution in [-0.2, 0) is 4.74 Å². The van der Waals surface area contributed by atoms with Crippen LogP contribution in [0.15, 0.2) is 48.5 Å². The van der Waals surface area contributed by atoms with Gasteiger partial charge in [0.2, 0.25) is 0 Å². The highest BCUT2D eigenvalue weighted by molar-refractivity contribution is 5.95. The Bertz CT molecular complexity index is 926. The first kappa shape index (κ1) is 18.5. The molecule has 140 valence electrons. The average Bonchev–Trinajstić information content (AvgIpc) is 3.13. The van der Waals surface area contributed by atoms with E-state index in [-0.39, 0.29) is 0 Å². The fourth-order valence-corrected chi connectivity index (χ4v) is 2.80. The normalized spacial score (nSPS) is 10.6. The monoisotopic (exact) mass is 364 g/mol. The van der Waals surface area contributed by atoms with Crippen LogP contribution in [-0.4, -0.2) is 51.2 Å². The number of hydrogen-bond donors (Lipinski definition) is 1. The van der Waals surface area contributed by atoms with E-state index in [0.29, 0.717) is 17.2 Å². The van der Waals surface area contributed by atoms with Gasteiger partial charge in [0.1, 0.15) is 11.5 Å². The van der Waals surface area contributed by atoms with Gasteiger partial charge in [-0.25, -0.2) is 9.78 Å². The summed E-state index contributed by atoms with van der Waals surface area (Å²) < 4.78 is 4.94. The highest BCUT2D eigenvalue weighted by atomic mass is 16.5. The van der Waals surface area contributed by atoms with Gasteiger partial charge in [-0.2, -0.15) is 0 Å². The lowest BCUT2D eigenvalue weighted by atomic mass is 10.1. The molecule has 0 aliphatic rings. The zero-order valence-corrected chi connectivity index (χ0v) is 16.3. The van der Waals surface area contributed by atoms with E-state index in [2.05, 4.69) is 9.97 Å². The van der Waals surface area contributed by atoms with Crippen LogP contribution in [0.25, 0.3) is 22.6 Å². The van der Waals surface area contributed by atoms with Gasteiger partial charge in [0.25, 0.3) is 0 Å². The van der Waals surface area contributed by atoms with E-state index in [1.165, 1.54) is 7.11 Å². The number of carbonyl (C=O) groups excluding carboxylic acids is 1. The van der Waals surface area contributed by atoms with Gasteiger partial charge in [-0.1, -0.05) is 12.1 Å². The molecule has 0 radical (unpaired) electrons. The van der Waals surface area contributed by atoms with Gasteiger partial charge in [0, 0.05) is 50.7 Å². The number of methoxy groups -OCH3 is 1. The maximum atomic E-state index is 12.3. The summed E-state index contributed by atoms with van der Waals surface area (Å²) in [5.41, 5.74) is 4.86. The number of nitrogens with one attached hydrogen (secondary N) is 1. The molecule has 0 amide bonds. The first-order valence-corrected chi connectivity index (χ1v) is 8.64. The van der Waals surface area contributed by atoms with Crippen LogP contribution >= 0.6 is 0 Å². The molecular weight excluding hydrogens is 340 g/mol. The van der Waals surface area contributed by atoms with Crippen molar-refractivity contribution in [2.24, 2.45) is 0 Å². The number of carbonyl (C=O) groups is 1. The summed E-state index contributed by atoms with van der Waals surface area (Å²) in [5.74, 6) is 0.192. The van der Waals surface area contributed by atoms with Gasteiger partial charge in [0.05, 0.1) is 7.11 Å². The number of nitrogens with zero attached hydrogens (tertiary/aromatic N) is 3. The highest BCUT2D eigenvalue weighted by Gasteiger charge is 2.20. The second-order valence-electron chi connectivity index (χ2n) is 6.68. The molecule has 0 spiro atoms. The quantitative estimate of drug-likeness (QED) is 0.700. The van der Waals surface area contributed by atoms with Crippen LogP contribution in [0.3, 0.4) is 0 Å². The van der Waals surface area contributed by atoms with E-state index >= 15 is 0 Å². The fourth-order valence-electron chi connectivity index (χ4n) is 2.80. The van der Waals surface area contributed by atoms with Crippen molar-refractivity contribution in [2.75, 3.05) is 45.1 Å². The smallest absolute Gasteiger partial charge is 0.356 e. The number of imidazole rings is 1. The summed E-state index contributed by atoms with van der Waals surface area (Å²) in [4.78, 5) is 24.1. The molecule has 0 bridgehead atoms. The first-order chi connectivity index (χ1) is 12.9. The Morgan fingerprint density at radius 2 is 1.33 bits per heavy atom. The number of anilines is 2. The molecule has 0 fully saturated rings. The first-order valence-electron chi connectivity index (χ1n) is 8.64. The van der Waals surface area contributed by atoms with E-state index in [1.54, 1.807) is 0 Å². The number of aromatic nitrogens is 2. The Kier molecular flexibility index (Phi) is 5.16. The van der Waals surface area contributed by atoms with Crippen LogP contribution in [0.1, 0.15) is 10.5 Å². The Balaban J connectivity index is 2.04. The van der Waals surface area contributed by atoms with Gasteiger partial charge in [-0.05, 0) is 36.4 Å². The number of ether oxygens (including phenoxy) is 1. The van der Waals surface area contributed by atoms with Crippen LogP contribution in [0.2, 0.25) is 0 Å². The van der Waals surface area contributed by atoms with E-state index in [4.69, 9.17) is 4.74 Å². The maximum Gasteiger partial charge on any atom is 0.356 e. The predicted molar refractivity (Wildman–Crippen MR) is 109 cm³/mol. The molecule has 6 heteroatoms. The number of hydrogen-bond acceptors (Lipinski definition) is 5. The molecule has 0 saturated carbocycles. The van der Waals surface area contributed by atoms with E-state index in [0.717, 1.165) is 22.5 Å². The fraction of sp³-hybridized carbons (Fsp3) is 0.238. The molecule has 0 unspecified atom stereocenters. The molecule has 1 heterocycles. The molecule has 3 aromatic rings. The van der Waals surface area contributed by atoms with Crippen molar-refractivity contribution in [1.29, 1.82) is 0 Å². The number of benzene rings is 2. The zero-order valence-electron chi connectivity index (χ0n) is 16.3. The third kappa shape index (κ3) is 3.79. The number of esters is 1. The molecule has 2 aromatic carbocycles. The van der Waals surface area contributed by atoms with E-state index in [9.17, 15) is 4.79 Å². The van der Waals surface area contributed by atoms with Gasteiger partial charge >= 0.3 is 5.97 Å². The molecule has 3 rings (SSSR count). The van der Waals surface area contributed by atoms with E-state index < -0.39 is 5.97 Å². The molecule has 6 nitrogen and oxygen atoms in total. The number of aromatic amines is 1. The van der Waals surface area contributed by atoms with Gasteiger partial charge in [-0.15, -0.1) is 0 Å². The Morgan fingerprint density at radius 3 is 1.78 bits per heavy atom. The third-order valence-corrected chi connectivity index (χ3v) is 4.41. The summed E-state index contributed by atoms with van der Waals surface area (Å²) in [5, 5.41) is 0. The van der Waals surface area contributed by atoms with Crippen molar-refractivity contribution in [3.05, 3.63) is 54.2 Å². The van der Waals surface area contributed by atoms with Crippen molar-refractivity contribution in [2.45, 2.75) is 0 Å². The minimum absolute atomic E-state index is 0.349. The third-order valence-electron chi connectivity index (χ3n) is 4.41. The molecular formula is C21H24N4O2. The minimum Gasteiger partial charge on any atom is -0.464 e. The molecule has 0 atom stereocenters. The molecule has 0 saturated heterocycles.